The van der Waals surface area contributed by atoms with Crippen LogP contribution in [0.1, 0.15) is 50.2 Å². The van der Waals surface area contributed by atoms with Gasteiger partial charge in [-0.3, -0.25) is 0 Å². The molecule has 1 aliphatic carbocycles. The standard InChI is InChI=1S/C14H18F2/c1-3-10(2)11-4-6-12(7-5-11)14(15,16)13-8-9-13/h4-7,10,13H,3,8-9H2,1-2H3. The number of rotatable bonds is 4. The molecule has 1 atom stereocenters. The van der Waals surface area contributed by atoms with Crippen molar-refractivity contribution in [1.29, 1.82) is 0 Å². The minimum absolute atomic E-state index is 0.182. The normalized spacial score (nSPS) is 18.5. The van der Waals surface area contributed by atoms with Gasteiger partial charge in [0.1, 0.15) is 0 Å². The monoisotopic (exact) mass is 224 g/mol. The third kappa shape index (κ3) is 2.11. The van der Waals surface area contributed by atoms with Crippen LogP contribution < -0.4 is 0 Å². The lowest BCUT2D eigenvalue weighted by atomic mass is 9.95. The number of hydrogen-bond acceptors (Lipinski definition) is 0. The average molecular weight is 224 g/mol. The van der Waals surface area contributed by atoms with Crippen molar-refractivity contribution in [2.45, 2.75) is 45.0 Å². The molecule has 1 aromatic rings. The molecular weight excluding hydrogens is 206 g/mol. The Bertz CT molecular complexity index is 350. The maximum absolute atomic E-state index is 13.8. The molecule has 1 fully saturated rings. The van der Waals surface area contributed by atoms with Gasteiger partial charge >= 0.3 is 0 Å². The van der Waals surface area contributed by atoms with Gasteiger partial charge in [0.2, 0.25) is 0 Å². The largest absolute Gasteiger partial charge is 0.276 e. The fraction of sp³-hybridized carbons (Fsp3) is 0.571. The number of benzene rings is 1. The molecule has 0 aromatic heterocycles. The van der Waals surface area contributed by atoms with Gasteiger partial charge < -0.3 is 0 Å². The summed E-state index contributed by atoms with van der Waals surface area (Å²) in [6, 6.07) is 6.89. The van der Waals surface area contributed by atoms with E-state index in [1.165, 1.54) is 0 Å². The van der Waals surface area contributed by atoms with Gasteiger partial charge in [0.15, 0.2) is 0 Å². The third-order valence-corrected chi connectivity index (χ3v) is 3.57. The molecule has 0 saturated heterocycles. The van der Waals surface area contributed by atoms with Gasteiger partial charge in [-0.05, 0) is 30.7 Å². The third-order valence-electron chi connectivity index (χ3n) is 3.57. The highest BCUT2D eigenvalue weighted by molar-refractivity contribution is 5.29. The van der Waals surface area contributed by atoms with E-state index in [2.05, 4.69) is 13.8 Å². The topological polar surface area (TPSA) is 0 Å². The summed E-state index contributed by atoms with van der Waals surface area (Å²) in [7, 11) is 0. The van der Waals surface area contributed by atoms with Gasteiger partial charge in [0.05, 0.1) is 0 Å². The van der Waals surface area contributed by atoms with Gasteiger partial charge in [-0.15, -0.1) is 0 Å². The summed E-state index contributed by atoms with van der Waals surface area (Å²) in [5.41, 5.74) is 1.33. The Morgan fingerprint density at radius 3 is 2.25 bits per heavy atom. The van der Waals surface area contributed by atoms with Gasteiger partial charge in [0.25, 0.3) is 5.92 Å². The molecule has 0 bridgehead atoms. The fourth-order valence-corrected chi connectivity index (χ4v) is 1.95. The van der Waals surface area contributed by atoms with E-state index < -0.39 is 11.8 Å². The van der Waals surface area contributed by atoms with E-state index in [4.69, 9.17) is 0 Å². The van der Waals surface area contributed by atoms with Crippen LogP contribution in [-0.2, 0) is 5.92 Å². The SMILES string of the molecule is CCC(C)c1ccc(C(F)(F)C2CC2)cc1. The van der Waals surface area contributed by atoms with Crippen molar-refractivity contribution in [1.82, 2.24) is 0 Å². The zero-order valence-corrected chi connectivity index (χ0v) is 9.84. The van der Waals surface area contributed by atoms with E-state index in [1.807, 2.05) is 12.1 Å². The van der Waals surface area contributed by atoms with E-state index >= 15 is 0 Å². The van der Waals surface area contributed by atoms with Crippen molar-refractivity contribution in [2.24, 2.45) is 5.92 Å². The lowest BCUT2D eigenvalue weighted by molar-refractivity contribution is -0.0285. The fourth-order valence-electron chi connectivity index (χ4n) is 1.95. The van der Waals surface area contributed by atoms with Crippen LogP contribution in [0.4, 0.5) is 8.78 Å². The molecule has 16 heavy (non-hydrogen) atoms. The highest BCUT2D eigenvalue weighted by atomic mass is 19.3. The summed E-state index contributed by atoms with van der Waals surface area (Å²) in [5.74, 6) is -2.58. The van der Waals surface area contributed by atoms with Gasteiger partial charge in [0, 0.05) is 11.5 Å². The van der Waals surface area contributed by atoms with E-state index in [0.29, 0.717) is 18.8 Å². The smallest absolute Gasteiger partial charge is 0.201 e. The summed E-state index contributed by atoms with van der Waals surface area (Å²) in [6.07, 6.45) is 2.37. The molecule has 0 heterocycles. The predicted octanol–water partition coefficient (Wildman–Crippen LogP) is 4.70. The first-order valence-electron chi connectivity index (χ1n) is 6.04. The number of hydrogen-bond donors (Lipinski definition) is 0. The Hall–Kier alpha value is -0.920. The van der Waals surface area contributed by atoms with Crippen LogP contribution in [0.25, 0.3) is 0 Å². The Kier molecular flexibility index (Phi) is 3.00. The number of halogens is 2. The summed E-state index contributed by atoms with van der Waals surface area (Å²) in [4.78, 5) is 0. The minimum atomic E-state index is -2.62. The van der Waals surface area contributed by atoms with Crippen LogP contribution >= 0.6 is 0 Å². The molecule has 1 saturated carbocycles. The van der Waals surface area contributed by atoms with Crippen molar-refractivity contribution in [3.8, 4) is 0 Å². The molecule has 1 unspecified atom stereocenters. The van der Waals surface area contributed by atoms with Crippen molar-refractivity contribution in [3.05, 3.63) is 35.4 Å². The minimum Gasteiger partial charge on any atom is -0.201 e. The Morgan fingerprint density at radius 1 is 1.25 bits per heavy atom. The maximum Gasteiger partial charge on any atom is 0.276 e. The Balaban J connectivity index is 2.18. The number of alkyl halides is 2. The molecule has 2 rings (SSSR count). The van der Waals surface area contributed by atoms with Gasteiger partial charge in [-0.1, -0.05) is 38.1 Å². The predicted molar refractivity (Wildman–Crippen MR) is 61.8 cm³/mol. The van der Waals surface area contributed by atoms with E-state index in [0.717, 1.165) is 12.0 Å². The quantitative estimate of drug-likeness (QED) is 0.695. The van der Waals surface area contributed by atoms with Crippen LogP contribution in [0.2, 0.25) is 0 Å². The zero-order chi connectivity index (χ0) is 11.8. The molecule has 1 aliphatic rings. The van der Waals surface area contributed by atoms with Crippen molar-refractivity contribution < 1.29 is 8.78 Å². The summed E-state index contributed by atoms with van der Waals surface area (Å²) in [6.45, 7) is 4.23. The lowest BCUT2D eigenvalue weighted by Gasteiger charge is -2.17. The van der Waals surface area contributed by atoms with Crippen molar-refractivity contribution in [2.75, 3.05) is 0 Å². The second-order valence-electron chi connectivity index (χ2n) is 4.83. The van der Waals surface area contributed by atoms with Gasteiger partial charge in [-0.2, -0.15) is 0 Å². The van der Waals surface area contributed by atoms with Crippen molar-refractivity contribution >= 4 is 0 Å². The molecule has 88 valence electrons. The first kappa shape index (κ1) is 11.6. The molecule has 0 spiro atoms. The van der Waals surface area contributed by atoms with E-state index in [9.17, 15) is 8.78 Å². The molecular formula is C14H18F2. The summed E-state index contributed by atoms with van der Waals surface area (Å²) >= 11 is 0. The van der Waals surface area contributed by atoms with Crippen LogP contribution in [-0.4, -0.2) is 0 Å². The van der Waals surface area contributed by atoms with Crippen LogP contribution in [0.5, 0.6) is 0 Å². The van der Waals surface area contributed by atoms with E-state index in [1.54, 1.807) is 12.1 Å². The summed E-state index contributed by atoms with van der Waals surface area (Å²) in [5, 5.41) is 0. The van der Waals surface area contributed by atoms with E-state index in [-0.39, 0.29) is 5.56 Å². The first-order chi connectivity index (χ1) is 7.55. The molecule has 0 amide bonds. The molecule has 1 aromatic carbocycles. The second-order valence-corrected chi connectivity index (χ2v) is 4.83. The highest BCUT2D eigenvalue weighted by Gasteiger charge is 2.47. The highest BCUT2D eigenvalue weighted by Crippen LogP contribution is 2.49. The van der Waals surface area contributed by atoms with Crippen LogP contribution in [0.15, 0.2) is 24.3 Å². The molecule has 2 heteroatoms. The Morgan fingerprint density at radius 2 is 1.81 bits per heavy atom. The summed E-state index contributed by atoms with van der Waals surface area (Å²) < 4.78 is 27.5. The first-order valence-corrected chi connectivity index (χ1v) is 6.04. The Labute approximate surface area is 95.7 Å². The lowest BCUT2D eigenvalue weighted by Crippen LogP contribution is -2.15. The van der Waals surface area contributed by atoms with Crippen molar-refractivity contribution in [3.63, 3.8) is 0 Å². The zero-order valence-electron chi connectivity index (χ0n) is 9.84. The van der Waals surface area contributed by atoms with Crippen LogP contribution in [0, 0.1) is 5.92 Å². The van der Waals surface area contributed by atoms with Gasteiger partial charge in [-0.25, -0.2) is 8.78 Å². The second kappa shape index (κ2) is 4.15. The molecule has 0 aliphatic heterocycles. The molecule has 0 radical (unpaired) electrons. The maximum atomic E-state index is 13.8. The van der Waals surface area contributed by atoms with Crippen LogP contribution in [0.3, 0.4) is 0 Å². The average Bonchev–Trinajstić information content (AvgIpc) is 3.12. The molecule has 0 nitrogen and oxygen atoms in total. The molecule has 0 N–H and O–H groups in total.